The number of para-hydroxylation sites is 2. The topological polar surface area (TPSA) is 43.9 Å². The molecule has 0 unspecified atom stereocenters. The second kappa shape index (κ2) is 12.0. The highest BCUT2D eigenvalue weighted by molar-refractivity contribution is 6.27. The van der Waals surface area contributed by atoms with Crippen LogP contribution < -0.4 is 0 Å². The summed E-state index contributed by atoms with van der Waals surface area (Å²) in [4.78, 5) is 10.9. The van der Waals surface area contributed by atoms with E-state index in [1.54, 1.807) is 0 Å². The molecular formula is C52H31N3O. The molecule has 0 saturated carbocycles. The van der Waals surface area contributed by atoms with Gasteiger partial charge in [0.2, 0.25) is 0 Å². The monoisotopic (exact) mass is 713 g/mol. The van der Waals surface area contributed by atoms with Gasteiger partial charge in [-0.05, 0) is 87.3 Å². The van der Waals surface area contributed by atoms with E-state index in [2.05, 4.69) is 193 Å². The van der Waals surface area contributed by atoms with E-state index in [1.807, 2.05) is 0 Å². The molecule has 0 N–H and O–H groups in total. The van der Waals surface area contributed by atoms with Crippen molar-refractivity contribution in [2.75, 3.05) is 0 Å². The molecule has 0 aliphatic heterocycles. The van der Waals surface area contributed by atoms with Crippen molar-refractivity contribution in [1.29, 1.82) is 0 Å². The van der Waals surface area contributed by atoms with Crippen molar-refractivity contribution in [3.8, 4) is 39.5 Å². The number of hydrogen-bond donors (Lipinski definition) is 0. The predicted molar refractivity (Wildman–Crippen MR) is 232 cm³/mol. The molecule has 0 spiro atoms. The third-order valence-corrected chi connectivity index (χ3v) is 11.4. The molecule has 4 nitrogen and oxygen atoms in total. The van der Waals surface area contributed by atoms with Gasteiger partial charge in [-0.3, -0.25) is 0 Å². The van der Waals surface area contributed by atoms with Crippen LogP contribution in [0.3, 0.4) is 0 Å². The largest absolute Gasteiger partial charge is 0.456 e. The molecule has 0 aliphatic carbocycles. The van der Waals surface area contributed by atoms with E-state index in [0.29, 0.717) is 5.82 Å². The fourth-order valence-corrected chi connectivity index (χ4v) is 8.83. The molecular weight excluding hydrogens is 683 g/mol. The second-order valence-electron chi connectivity index (χ2n) is 14.5. The van der Waals surface area contributed by atoms with Gasteiger partial charge in [-0.2, -0.15) is 0 Å². The van der Waals surface area contributed by atoms with Gasteiger partial charge >= 0.3 is 0 Å². The summed E-state index contributed by atoms with van der Waals surface area (Å²) in [5.41, 5.74) is 11.2. The van der Waals surface area contributed by atoms with Crippen LogP contribution in [0.1, 0.15) is 0 Å². The van der Waals surface area contributed by atoms with Crippen LogP contribution in [0.25, 0.3) is 116 Å². The van der Waals surface area contributed by atoms with Crippen LogP contribution in [0.4, 0.5) is 0 Å². The van der Waals surface area contributed by atoms with Crippen LogP contribution in [0, 0.1) is 0 Å². The minimum Gasteiger partial charge on any atom is -0.456 e. The molecule has 0 fully saturated rings. The Morgan fingerprint density at radius 1 is 0.393 bits per heavy atom. The zero-order chi connectivity index (χ0) is 36.7. The van der Waals surface area contributed by atoms with Gasteiger partial charge in [-0.1, -0.05) is 133 Å². The Morgan fingerprint density at radius 3 is 1.95 bits per heavy atom. The molecule has 12 rings (SSSR count). The lowest BCUT2D eigenvalue weighted by molar-refractivity contribution is 0.669. The van der Waals surface area contributed by atoms with Gasteiger partial charge in [-0.15, -0.1) is 0 Å². The quantitative estimate of drug-likeness (QED) is 0.182. The molecule has 0 saturated heterocycles. The fraction of sp³-hybridized carbons (Fsp3) is 0. The predicted octanol–water partition coefficient (Wildman–Crippen LogP) is 13.9. The molecule has 12 aromatic rings. The lowest BCUT2D eigenvalue weighted by Crippen LogP contribution is -1.97. The van der Waals surface area contributed by atoms with Gasteiger partial charge in [0, 0.05) is 38.4 Å². The molecule has 0 amide bonds. The standard InChI is InChI=1S/C52H31N3O/c1-2-17-37(18-3-1)55-44-23-9-8-21-40(44)43-31-35(24-27-45(43)55)34-15-10-16-36(30-34)52-53-50(41-22-11-14-32-12-4-6-19-38(32)41)42-26-29-47-49(51(42)54-52)48-39-20-7-5-13-33(39)25-28-46(48)56-47/h1-31H. The summed E-state index contributed by atoms with van der Waals surface area (Å²) in [6, 6.07) is 66.6. The Hall–Kier alpha value is -7.56. The van der Waals surface area contributed by atoms with Gasteiger partial charge in [0.25, 0.3) is 0 Å². The van der Waals surface area contributed by atoms with Crippen LogP contribution >= 0.6 is 0 Å². The molecule has 4 heteroatoms. The summed E-state index contributed by atoms with van der Waals surface area (Å²) in [6.07, 6.45) is 0. The lowest BCUT2D eigenvalue weighted by Gasteiger charge is -2.13. The summed E-state index contributed by atoms with van der Waals surface area (Å²) < 4.78 is 8.89. The average molecular weight is 714 g/mol. The minimum absolute atomic E-state index is 0.672. The first kappa shape index (κ1) is 30.9. The van der Waals surface area contributed by atoms with E-state index < -0.39 is 0 Å². The van der Waals surface area contributed by atoms with Crippen molar-refractivity contribution >= 4 is 76.2 Å². The van der Waals surface area contributed by atoms with E-state index in [9.17, 15) is 0 Å². The molecule has 9 aromatic carbocycles. The van der Waals surface area contributed by atoms with Crippen LogP contribution in [0.5, 0.6) is 0 Å². The van der Waals surface area contributed by atoms with Gasteiger partial charge < -0.3 is 8.98 Å². The number of aromatic nitrogens is 3. The van der Waals surface area contributed by atoms with Crippen LogP contribution in [-0.2, 0) is 0 Å². The van der Waals surface area contributed by atoms with Gasteiger partial charge in [0.1, 0.15) is 11.2 Å². The summed E-state index contributed by atoms with van der Waals surface area (Å²) in [5.74, 6) is 0.672. The first-order chi connectivity index (χ1) is 27.8. The SMILES string of the molecule is c1ccc(-n2c3ccccc3c3cc(-c4cccc(-c5nc(-c6cccc7ccccc67)c6ccc7oc8ccc9ccccc9c8c7c6n5)c4)ccc32)cc1. The molecule has 56 heavy (non-hydrogen) atoms. The van der Waals surface area contributed by atoms with Crippen molar-refractivity contribution in [3.05, 3.63) is 188 Å². The molecule has 0 aliphatic rings. The third kappa shape index (κ3) is 4.60. The number of fused-ring (bicyclic) bond motifs is 11. The Labute approximate surface area is 321 Å². The van der Waals surface area contributed by atoms with E-state index in [4.69, 9.17) is 14.4 Å². The number of nitrogens with zero attached hydrogens (tertiary/aromatic N) is 3. The highest BCUT2D eigenvalue weighted by atomic mass is 16.3. The Morgan fingerprint density at radius 2 is 1.05 bits per heavy atom. The third-order valence-electron chi connectivity index (χ3n) is 11.4. The maximum atomic E-state index is 6.54. The van der Waals surface area contributed by atoms with E-state index >= 15 is 0 Å². The smallest absolute Gasteiger partial charge is 0.160 e. The van der Waals surface area contributed by atoms with E-state index in [0.717, 1.165) is 77.2 Å². The number of furan rings is 1. The van der Waals surface area contributed by atoms with Crippen LogP contribution in [-0.4, -0.2) is 14.5 Å². The van der Waals surface area contributed by atoms with Crippen molar-refractivity contribution in [2.24, 2.45) is 0 Å². The first-order valence-electron chi connectivity index (χ1n) is 19.0. The maximum Gasteiger partial charge on any atom is 0.160 e. The van der Waals surface area contributed by atoms with Crippen molar-refractivity contribution in [3.63, 3.8) is 0 Å². The van der Waals surface area contributed by atoms with Gasteiger partial charge in [-0.25, -0.2) is 9.97 Å². The number of benzene rings is 9. The maximum absolute atomic E-state index is 6.54. The van der Waals surface area contributed by atoms with Crippen molar-refractivity contribution < 1.29 is 4.42 Å². The van der Waals surface area contributed by atoms with Crippen molar-refractivity contribution in [2.45, 2.75) is 0 Å². The fourth-order valence-electron chi connectivity index (χ4n) is 8.83. The number of hydrogen-bond acceptors (Lipinski definition) is 3. The summed E-state index contributed by atoms with van der Waals surface area (Å²) in [6.45, 7) is 0. The summed E-state index contributed by atoms with van der Waals surface area (Å²) in [5, 5.41) is 10.2. The van der Waals surface area contributed by atoms with Crippen LogP contribution in [0.2, 0.25) is 0 Å². The second-order valence-corrected chi connectivity index (χ2v) is 14.5. The van der Waals surface area contributed by atoms with E-state index in [1.165, 1.54) is 32.6 Å². The molecule has 0 radical (unpaired) electrons. The van der Waals surface area contributed by atoms with E-state index in [-0.39, 0.29) is 0 Å². The summed E-state index contributed by atoms with van der Waals surface area (Å²) in [7, 11) is 0. The Bertz CT molecular complexity index is 3540. The minimum atomic E-state index is 0.672. The zero-order valence-corrected chi connectivity index (χ0v) is 30.1. The summed E-state index contributed by atoms with van der Waals surface area (Å²) >= 11 is 0. The molecule has 3 heterocycles. The van der Waals surface area contributed by atoms with Crippen LogP contribution in [0.15, 0.2) is 192 Å². The average Bonchev–Trinajstić information content (AvgIpc) is 3.82. The molecule has 3 aromatic heterocycles. The number of rotatable bonds is 4. The normalized spacial score (nSPS) is 11.9. The Balaban J connectivity index is 1.11. The molecule has 0 atom stereocenters. The van der Waals surface area contributed by atoms with Gasteiger partial charge in [0.05, 0.1) is 27.6 Å². The Kier molecular flexibility index (Phi) is 6.60. The van der Waals surface area contributed by atoms with Crippen molar-refractivity contribution in [1.82, 2.24) is 14.5 Å². The van der Waals surface area contributed by atoms with Gasteiger partial charge in [0.15, 0.2) is 5.82 Å². The highest BCUT2D eigenvalue weighted by Gasteiger charge is 2.21. The molecule has 0 bridgehead atoms. The highest BCUT2D eigenvalue weighted by Crippen LogP contribution is 2.42. The zero-order valence-electron chi connectivity index (χ0n) is 30.1. The molecule has 260 valence electrons. The first-order valence-corrected chi connectivity index (χ1v) is 19.0. The lowest BCUT2D eigenvalue weighted by atomic mass is 9.96.